The second kappa shape index (κ2) is 19.7. The van der Waals surface area contributed by atoms with Crippen molar-refractivity contribution in [3.05, 3.63) is 297 Å². The van der Waals surface area contributed by atoms with Gasteiger partial charge in [-0.05, 0) is 111 Å². The summed E-state index contributed by atoms with van der Waals surface area (Å²) in [5, 5.41) is 4.86. The van der Waals surface area contributed by atoms with Crippen molar-refractivity contribution < 1.29 is 0 Å². The Labute approximate surface area is 463 Å². The van der Waals surface area contributed by atoms with Gasteiger partial charge in [0, 0.05) is 49.4 Å². The van der Waals surface area contributed by atoms with Crippen molar-refractivity contribution in [2.45, 2.75) is 0 Å². The highest BCUT2D eigenvalue weighted by Crippen LogP contribution is 2.42. The summed E-state index contributed by atoms with van der Waals surface area (Å²) in [5.41, 5.74) is 20.6. The molecule has 0 amide bonds. The molecule has 0 atom stereocenters. The lowest BCUT2D eigenvalue weighted by atomic mass is 9.94. The largest absolute Gasteiger partial charge is 0.309 e. The molecular weight excluding hydrogens is 971 g/mol. The summed E-state index contributed by atoms with van der Waals surface area (Å²) in [7, 11) is 0. The quantitative estimate of drug-likeness (QED) is 0.137. The van der Waals surface area contributed by atoms with E-state index in [0.717, 1.165) is 94.6 Å². The fourth-order valence-electron chi connectivity index (χ4n) is 11.8. The Bertz CT molecular complexity index is 4720. The molecular formula is C75H49N5. The molecule has 12 aromatic carbocycles. The number of benzene rings is 12. The predicted octanol–water partition coefficient (Wildman–Crippen LogP) is 19.4. The highest BCUT2D eigenvalue weighted by Gasteiger charge is 2.21. The zero-order chi connectivity index (χ0) is 52.9. The van der Waals surface area contributed by atoms with Gasteiger partial charge >= 0.3 is 0 Å². The molecule has 0 aliphatic carbocycles. The number of hydrogen-bond donors (Lipinski definition) is 0. The summed E-state index contributed by atoms with van der Waals surface area (Å²) in [6.07, 6.45) is 0. The van der Waals surface area contributed by atoms with Crippen LogP contribution in [0.15, 0.2) is 297 Å². The number of nitrogens with zero attached hydrogens (tertiary/aromatic N) is 5. The number of fused-ring (bicyclic) bond motifs is 6. The first-order valence-electron chi connectivity index (χ1n) is 27.2. The van der Waals surface area contributed by atoms with Crippen LogP contribution in [0.4, 0.5) is 0 Å². The molecule has 5 heteroatoms. The Morgan fingerprint density at radius 3 is 0.875 bits per heavy atom. The van der Waals surface area contributed by atoms with Gasteiger partial charge in [-0.15, -0.1) is 0 Å². The first-order chi connectivity index (χ1) is 39.7. The van der Waals surface area contributed by atoms with Crippen molar-refractivity contribution in [2.24, 2.45) is 0 Å². The van der Waals surface area contributed by atoms with E-state index in [2.05, 4.69) is 288 Å². The van der Waals surface area contributed by atoms with Crippen LogP contribution in [0.2, 0.25) is 0 Å². The summed E-state index contributed by atoms with van der Waals surface area (Å²) in [6, 6.07) is 106. The second-order valence-corrected chi connectivity index (χ2v) is 20.3. The predicted molar refractivity (Wildman–Crippen MR) is 332 cm³/mol. The molecule has 3 heterocycles. The Morgan fingerprint density at radius 2 is 0.463 bits per heavy atom. The number of para-hydroxylation sites is 4. The molecule has 0 fully saturated rings. The highest BCUT2D eigenvalue weighted by molar-refractivity contribution is 6.11. The summed E-state index contributed by atoms with van der Waals surface area (Å²) in [4.78, 5) is 16.0. The summed E-state index contributed by atoms with van der Waals surface area (Å²) < 4.78 is 4.83. The lowest BCUT2D eigenvalue weighted by Gasteiger charge is -2.17. The van der Waals surface area contributed by atoms with Crippen molar-refractivity contribution in [2.75, 3.05) is 0 Å². The van der Waals surface area contributed by atoms with Crippen LogP contribution in [0.3, 0.4) is 0 Å². The van der Waals surface area contributed by atoms with Crippen LogP contribution in [-0.4, -0.2) is 24.1 Å². The molecule has 0 saturated heterocycles. The lowest BCUT2D eigenvalue weighted by molar-refractivity contribution is 1.07. The van der Waals surface area contributed by atoms with E-state index in [1.807, 2.05) is 18.2 Å². The van der Waals surface area contributed by atoms with Gasteiger partial charge < -0.3 is 9.13 Å². The zero-order valence-corrected chi connectivity index (χ0v) is 43.5. The maximum absolute atomic E-state index is 5.41. The van der Waals surface area contributed by atoms with E-state index in [1.54, 1.807) is 0 Å². The van der Waals surface area contributed by atoms with Gasteiger partial charge in [0.25, 0.3) is 0 Å². The van der Waals surface area contributed by atoms with Crippen molar-refractivity contribution >= 4 is 43.6 Å². The Kier molecular flexibility index (Phi) is 11.4. The maximum atomic E-state index is 5.41. The lowest BCUT2D eigenvalue weighted by Crippen LogP contribution is -2.01. The molecule has 3 aromatic heterocycles. The van der Waals surface area contributed by atoms with Gasteiger partial charge in [-0.25, -0.2) is 15.0 Å². The molecule has 0 aliphatic heterocycles. The van der Waals surface area contributed by atoms with Gasteiger partial charge in [-0.1, -0.05) is 231 Å². The molecule has 0 spiro atoms. The van der Waals surface area contributed by atoms with Crippen LogP contribution in [0.5, 0.6) is 0 Å². The molecule has 80 heavy (non-hydrogen) atoms. The van der Waals surface area contributed by atoms with Crippen LogP contribution in [0.1, 0.15) is 0 Å². The first kappa shape index (κ1) is 46.5. The van der Waals surface area contributed by atoms with Crippen molar-refractivity contribution in [3.8, 4) is 101 Å². The van der Waals surface area contributed by atoms with Gasteiger partial charge in [-0.3, -0.25) is 0 Å². The minimum absolute atomic E-state index is 0.586. The van der Waals surface area contributed by atoms with Crippen LogP contribution in [-0.2, 0) is 0 Å². The fourth-order valence-corrected chi connectivity index (χ4v) is 11.8. The average Bonchev–Trinajstić information content (AvgIpc) is 4.26. The van der Waals surface area contributed by atoms with E-state index in [-0.39, 0.29) is 0 Å². The van der Waals surface area contributed by atoms with E-state index in [4.69, 9.17) is 15.0 Å². The molecule has 0 saturated carbocycles. The Hall–Kier alpha value is -10.8. The molecule has 0 unspecified atom stereocenters. The van der Waals surface area contributed by atoms with E-state index in [1.165, 1.54) is 32.7 Å². The molecule has 5 nitrogen and oxygen atoms in total. The topological polar surface area (TPSA) is 48.5 Å². The minimum Gasteiger partial charge on any atom is -0.309 e. The monoisotopic (exact) mass is 1020 g/mol. The van der Waals surface area contributed by atoms with E-state index in [0.29, 0.717) is 17.5 Å². The smallest absolute Gasteiger partial charge is 0.164 e. The molecule has 0 N–H and O–H groups in total. The molecule has 15 aromatic rings. The number of hydrogen-bond acceptors (Lipinski definition) is 3. The zero-order valence-electron chi connectivity index (χ0n) is 43.5. The third kappa shape index (κ3) is 8.24. The Balaban J connectivity index is 0.902. The van der Waals surface area contributed by atoms with Crippen LogP contribution >= 0.6 is 0 Å². The van der Waals surface area contributed by atoms with Crippen LogP contribution in [0, 0.1) is 0 Å². The van der Waals surface area contributed by atoms with Gasteiger partial charge in [-0.2, -0.15) is 0 Å². The minimum atomic E-state index is 0.586. The summed E-state index contributed by atoms with van der Waals surface area (Å²) in [6.45, 7) is 0. The number of rotatable bonds is 10. The fraction of sp³-hybridized carbons (Fsp3) is 0. The van der Waals surface area contributed by atoms with Crippen molar-refractivity contribution in [1.82, 2.24) is 24.1 Å². The first-order valence-corrected chi connectivity index (χ1v) is 27.2. The highest BCUT2D eigenvalue weighted by atomic mass is 15.0. The van der Waals surface area contributed by atoms with Gasteiger partial charge in [0.2, 0.25) is 0 Å². The van der Waals surface area contributed by atoms with Gasteiger partial charge in [0.05, 0.1) is 33.4 Å². The standard InChI is InChI=1S/C75H49N5/c1-4-21-50(22-5-1)53-27-18-28-54(45-53)56-42-44-72(80-69-39-16-12-35-63(69)64-36-13-17-40-70(64)80)66(49-56)58-30-20-32-60(47-58)75-77-73(52-25-8-3-9-26-52)76-74(78-75)59-31-19-29-57(46-59)65-48-55(51-23-6-2-7-24-51)41-43-71(65)79-67-37-14-10-33-61(67)62-34-11-15-38-68(62)79/h1-49H. The average molecular weight is 1020 g/mol. The Morgan fingerprint density at radius 1 is 0.188 bits per heavy atom. The van der Waals surface area contributed by atoms with Gasteiger partial charge in [0.1, 0.15) is 0 Å². The van der Waals surface area contributed by atoms with Crippen molar-refractivity contribution in [3.63, 3.8) is 0 Å². The molecule has 0 bridgehead atoms. The third-order valence-electron chi connectivity index (χ3n) is 15.6. The molecule has 15 rings (SSSR count). The summed E-state index contributed by atoms with van der Waals surface area (Å²) >= 11 is 0. The number of aromatic nitrogens is 5. The van der Waals surface area contributed by atoms with Crippen molar-refractivity contribution in [1.29, 1.82) is 0 Å². The molecule has 0 aliphatic rings. The third-order valence-corrected chi connectivity index (χ3v) is 15.6. The van der Waals surface area contributed by atoms with E-state index < -0.39 is 0 Å². The van der Waals surface area contributed by atoms with E-state index in [9.17, 15) is 0 Å². The van der Waals surface area contributed by atoms with Crippen LogP contribution < -0.4 is 0 Å². The molecule has 374 valence electrons. The molecule has 0 radical (unpaired) electrons. The van der Waals surface area contributed by atoms with Gasteiger partial charge in [0.15, 0.2) is 17.5 Å². The normalized spacial score (nSPS) is 11.5. The van der Waals surface area contributed by atoms with E-state index >= 15 is 0 Å². The SMILES string of the molecule is c1ccc(-c2cccc(-c3ccc(-n4c5ccccc5c5ccccc54)c(-c4cccc(-c5nc(-c6ccccc6)nc(-c6cccc(-c7cc(-c8ccccc8)ccc7-n7c8ccccc8c8ccccc87)c6)n5)c4)c3)c2)cc1. The second-order valence-electron chi connectivity index (χ2n) is 20.3. The van der Waals surface area contributed by atoms with Crippen LogP contribution in [0.25, 0.3) is 145 Å². The summed E-state index contributed by atoms with van der Waals surface area (Å²) in [5.74, 6) is 1.78. The maximum Gasteiger partial charge on any atom is 0.164 e.